The summed E-state index contributed by atoms with van der Waals surface area (Å²) < 4.78 is 0. The van der Waals surface area contributed by atoms with Gasteiger partial charge in [-0.05, 0) is 66.8 Å². The van der Waals surface area contributed by atoms with Gasteiger partial charge in [-0.25, -0.2) is 0 Å². The maximum absolute atomic E-state index is 13.1. The van der Waals surface area contributed by atoms with Gasteiger partial charge in [-0.3, -0.25) is 4.79 Å². The number of phenols is 1. The summed E-state index contributed by atoms with van der Waals surface area (Å²) in [5.41, 5.74) is 4.97. The zero-order valence-corrected chi connectivity index (χ0v) is 18.3. The fourth-order valence-corrected chi connectivity index (χ4v) is 4.96. The van der Waals surface area contributed by atoms with Crippen molar-refractivity contribution in [2.75, 3.05) is 18.5 Å². The Labute approximate surface area is 176 Å². The fourth-order valence-electron chi connectivity index (χ4n) is 4.20. The Balaban J connectivity index is 1.83. The number of rotatable bonds is 5. The number of carbonyl (C=O) groups excluding carboxylic acids is 1. The molecule has 6 heteroatoms. The SMILES string of the molecule is CCN(C)C(=O)C1=C2CCc3cc(O)c(CC(C)C)cc3N2C(c2cccs2)N1. The lowest BCUT2D eigenvalue weighted by Gasteiger charge is -2.34. The molecule has 2 aliphatic heterocycles. The van der Waals surface area contributed by atoms with Gasteiger partial charge in [0.15, 0.2) is 0 Å². The van der Waals surface area contributed by atoms with Crippen molar-refractivity contribution in [2.45, 2.75) is 46.2 Å². The number of phenolic OH excluding ortho intramolecular Hbond substituents is 1. The number of allylic oxidation sites excluding steroid dienone is 1. The van der Waals surface area contributed by atoms with E-state index >= 15 is 0 Å². The summed E-state index contributed by atoms with van der Waals surface area (Å²) in [7, 11) is 1.84. The van der Waals surface area contributed by atoms with Crippen LogP contribution in [-0.4, -0.2) is 29.5 Å². The Morgan fingerprint density at radius 2 is 2.17 bits per heavy atom. The van der Waals surface area contributed by atoms with E-state index in [1.54, 1.807) is 16.2 Å². The second-order valence-electron chi connectivity index (χ2n) is 8.28. The highest BCUT2D eigenvalue weighted by Crippen LogP contribution is 2.46. The molecule has 0 saturated carbocycles. The number of benzene rings is 1. The Bertz CT molecular complexity index is 949. The van der Waals surface area contributed by atoms with Crippen LogP contribution >= 0.6 is 11.3 Å². The number of anilines is 1. The van der Waals surface area contributed by atoms with Crippen LogP contribution in [0.3, 0.4) is 0 Å². The van der Waals surface area contributed by atoms with Crippen molar-refractivity contribution in [1.82, 2.24) is 10.2 Å². The van der Waals surface area contributed by atoms with Gasteiger partial charge in [0, 0.05) is 29.9 Å². The first-order valence-corrected chi connectivity index (χ1v) is 11.2. The predicted octanol–water partition coefficient (Wildman–Crippen LogP) is 4.40. The number of hydrogen-bond donors (Lipinski definition) is 2. The van der Waals surface area contributed by atoms with Gasteiger partial charge in [0.2, 0.25) is 0 Å². The van der Waals surface area contributed by atoms with Gasteiger partial charge < -0.3 is 20.2 Å². The van der Waals surface area contributed by atoms with Gasteiger partial charge in [-0.1, -0.05) is 19.9 Å². The van der Waals surface area contributed by atoms with Gasteiger partial charge in [-0.15, -0.1) is 11.3 Å². The first-order chi connectivity index (χ1) is 13.9. The van der Waals surface area contributed by atoms with Crippen molar-refractivity contribution in [3.05, 3.63) is 57.0 Å². The van der Waals surface area contributed by atoms with Crippen molar-refractivity contribution < 1.29 is 9.90 Å². The average molecular weight is 412 g/mol. The first-order valence-electron chi connectivity index (χ1n) is 10.3. The highest BCUT2D eigenvalue weighted by Gasteiger charge is 2.40. The molecule has 0 saturated heterocycles. The number of nitrogens with one attached hydrogen (secondary N) is 1. The maximum atomic E-state index is 13.1. The van der Waals surface area contributed by atoms with E-state index in [0.29, 0.717) is 23.9 Å². The molecule has 154 valence electrons. The molecule has 29 heavy (non-hydrogen) atoms. The molecule has 1 unspecified atom stereocenters. The third-order valence-electron chi connectivity index (χ3n) is 5.76. The summed E-state index contributed by atoms with van der Waals surface area (Å²) in [5.74, 6) is 0.876. The van der Waals surface area contributed by atoms with E-state index in [1.807, 2.05) is 26.1 Å². The van der Waals surface area contributed by atoms with Crippen LogP contribution in [0.5, 0.6) is 5.75 Å². The number of carbonyl (C=O) groups is 1. The monoisotopic (exact) mass is 411 g/mol. The van der Waals surface area contributed by atoms with Crippen LogP contribution in [0.1, 0.15) is 49.4 Å². The van der Waals surface area contributed by atoms with E-state index in [2.05, 4.69) is 41.6 Å². The van der Waals surface area contributed by atoms with Crippen LogP contribution in [0.2, 0.25) is 0 Å². The van der Waals surface area contributed by atoms with Crippen molar-refractivity contribution >= 4 is 22.9 Å². The minimum atomic E-state index is -0.0929. The summed E-state index contributed by atoms with van der Waals surface area (Å²) in [6.07, 6.45) is 2.34. The lowest BCUT2D eigenvalue weighted by Crippen LogP contribution is -2.34. The molecule has 1 amide bonds. The number of fused-ring (bicyclic) bond motifs is 3. The standard InChI is InChI=1S/C23H29N3O2S/c1-5-25(4)23(28)21-17-9-8-15-13-19(27)16(11-14(2)3)12-18(15)26(17)22(24-21)20-7-6-10-29-20/h6-7,10,12-14,22,24,27H,5,8-9,11H2,1-4H3. The van der Waals surface area contributed by atoms with Crippen LogP contribution in [0.15, 0.2) is 41.0 Å². The molecule has 0 radical (unpaired) electrons. The van der Waals surface area contributed by atoms with Crippen molar-refractivity contribution in [3.63, 3.8) is 0 Å². The smallest absolute Gasteiger partial charge is 0.271 e. The van der Waals surface area contributed by atoms with Gasteiger partial charge in [0.25, 0.3) is 5.91 Å². The van der Waals surface area contributed by atoms with E-state index in [-0.39, 0.29) is 12.1 Å². The van der Waals surface area contributed by atoms with Crippen LogP contribution in [-0.2, 0) is 17.6 Å². The molecule has 0 fully saturated rings. The number of likely N-dealkylation sites (N-methyl/N-ethyl adjacent to an activating group) is 1. The number of aryl methyl sites for hydroxylation is 1. The maximum Gasteiger partial charge on any atom is 0.271 e. The van der Waals surface area contributed by atoms with Crippen molar-refractivity contribution in [2.24, 2.45) is 5.92 Å². The fraction of sp³-hybridized carbons (Fsp3) is 0.435. The Morgan fingerprint density at radius 3 is 2.83 bits per heavy atom. The molecular weight excluding hydrogens is 382 g/mol. The Morgan fingerprint density at radius 1 is 1.38 bits per heavy atom. The van der Waals surface area contributed by atoms with Crippen LogP contribution < -0.4 is 10.2 Å². The van der Waals surface area contributed by atoms with E-state index in [1.165, 1.54) is 4.88 Å². The zero-order valence-electron chi connectivity index (χ0n) is 17.5. The van der Waals surface area contributed by atoms with Gasteiger partial charge in [0.1, 0.15) is 17.6 Å². The largest absolute Gasteiger partial charge is 0.508 e. The summed E-state index contributed by atoms with van der Waals surface area (Å²) in [5, 5.41) is 16.1. The molecule has 0 aliphatic carbocycles. The van der Waals surface area contributed by atoms with E-state index < -0.39 is 0 Å². The third-order valence-corrected chi connectivity index (χ3v) is 6.69. The minimum Gasteiger partial charge on any atom is -0.508 e. The number of nitrogens with zero attached hydrogens (tertiary/aromatic N) is 2. The number of hydrogen-bond acceptors (Lipinski definition) is 5. The quantitative estimate of drug-likeness (QED) is 0.766. The molecule has 3 heterocycles. The number of amides is 1. The Kier molecular flexibility index (Phi) is 5.30. The molecule has 0 spiro atoms. The van der Waals surface area contributed by atoms with Gasteiger partial charge >= 0.3 is 0 Å². The highest BCUT2D eigenvalue weighted by molar-refractivity contribution is 7.10. The second-order valence-corrected chi connectivity index (χ2v) is 9.26. The molecule has 2 N–H and O–H groups in total. The van der Waals surface area contributed by atoms with E-state index in [0.717, 1.165) is 41.8 Å². The molecule has 4 rings (SSSR count). The summed E-state index contributed by atoms with van der Waals surface area (Å²) in [6.45, 7) is 6.98. The Hall–Kier alpha value is -2.47. The topological polar surface area (TPSA) is 55.8 Å². The van der Waals surface area contributed by atoms with Crippen molar-refractivity contribution in [3.8, 4) is 5.75 Å². The number of aromatic hydroxyl groups is 1. The highest BCUT2D eigenvalue weighted by atomic mass is 32.1. The van der Waals surface area contributed by atoms with Crippen LogP contribution in [0.4, 0.5) is 5.69 Å². The van der Waals surface area contributed by atoms with Crippen LogP contribution in [0.25, 0.3) is 0 Å². The summed E-state index contributed by atoms with van der Waals surface area (Å²) in [6, 6.07) is 8.21. The average Bonchev–Trinajstić information content (AvgIpc) is 3.34. The number of thiophene rings is 1. The molecule has 2 aliphatic rings. The third kappa shape index (κ3) is 3.50. The molecule has 5 nitrogen and oxygen atoms in total. The molecule has 1 aromatic carbocycles. The molecule has 1 aromatic heterocycles. The lowest BCUT2D eigenvalue weighted by molar-refractivity contribution is -0.126. The molecule has 0 bridgehead atoms. The molecular formula is C23H29N3O2S. The normalized spacial score (nSPS) is 18.0. The van der Waals surface area contributed by atoms with Gasteiger partial charge in [0.05, 0.1) is 0 Å². The zero-order chi connectivity index (χ0) is 20.7. The summed E-state index contributed by atoms with van der Waals surface area (Å²) in [4.78, 5) is 18.3. The molecule has 1 atom stereocenters. The van der Waals surface area contributed by atoms with E-state index in [4.69, 9.17) is 0 Å². The lowest BCUT2D eigenvalue weighted by atomic mass is 9.93. The second kappa shape index (κ2) is 7.75. The van der Waals surface area contributed by atoms with Crippen molar-refractivity contribution in [1.29, 1.82) is 0 Å². The minimum absolute atomic E-state index is 0.0381. The van der Waals surface area contributed by atoms with Gasteiger partial charge in [-0.2, -0.15) is 0 Å². The van der Waals surface area contributed by atoms with Crippen LogP contribution in [0, 0.1) is 5.92 Å². The van der Waals surface area contributed by atoms with E-state index in [9.17, 15) is 9.90 Å². The molecule has 2 aromatic rings. The summed E-state index contributed by atoms with van der Waals surface area (Å²) >= 11 is 1.69. The first kappa shape index (κ1) is 19.8. The predicted molar refractivity (Wildman–Crippen MR) is 118 cm³/mol.